The molecule has 0 spiro atoms. The highest BCUT2D eigenvalue weighted by Crippen LogP contribution is 2.40. The Hall–Kier alpha value is -2.34. The van der Waals surface area contributed by atoms with Gasteiger partial charge in [0, 0.05) is 0 Å². The van der Waals surface area contributed by atoms with Crippen LogP contribution in [0, 0.1) is 6.92 Å². The van der Waals surface area contributed by atoms with Gasteiger partial charge < -0.3 is 0 Å². The van der Waals surface area contributed by atoms with Gasteiger partial charge in [0.05, 0.1) is 0 Å². The lowest BCUT2D eigenvalue weighted by Crippen LogP contribution is -2.04. The van der Waals surface area contributed by atoms with Crippen molar-refractivity contribution in [2.75, 3.05) is 0 Å². The highest BCUT2D eigenvalue weighted by molar-refractivity contribution is 5.80. The van der Waals surface area contributed by atoms with Gasteiger partial charge in [0.1, 0.15) is 0 Å². The molecule has 0 aliphatic rings. The van der Waals surface area contributed by atoms with Gasteiger partial charge in [-0.15, -0.1) is 0 Å². The fraction of sp³-hybridized carbons (Fsp3) is 0.308. The fourth-order valence-electron chi connectivity index (χ4n) is 3.89. The second kappa shape index (κ2) is 8.36. The number of rotatable bonds is 6. The van der Waals surface area contributed by atoms with E-state index in [1.165, 1.54) is 45.4 Å². The van der Waals surface area contributed by atoms with Gasteiger partial charge in [-0.25, -0.2) is 0 Å². The van der Waals surface area contributed by atoms with Crippen LogP contribution in [0.5, 0.6) is 0 Å². The predicted molar refractivity (Wildman–Crippen MR) is 115 cm³/mol. The van der Waals surface area contributed by atoms with Gasteiger partial charge in [-0.05, 0) is 70.7 Å². The van der Waals surface area contributed by atoms with Crippen molar-refractivity contribution < 1.29 is 0 Å². The summed E-state index contributed by atoms with van der Waals surface area (Å²) in [6.45, 7) is 9.25. The fourth-order valence-corrected chi connectivity index (χ4v) is 3.89. The lowest BCUT2D eigenvalue weighted by atomic mass is 9.80. The van der Waals surface area contributed by atoms with Gasteiger partial charge in [0.15, 0.2) is 0 Å². The van der Waals surface area contributed by atoms with Gasteiger partial charge in [-0.2, -0.15) is 0 Å². The van der Waals surface area contributed by atoms with Crippen LogP contribution in [0.2, 0.25) is 0 Å². The van der Waals surface area contributed by atoms with Crippen LogP contribution in [0.3, 0.4) is 0 Å². The summed E-state index contributed by atoms with van der Waals surface area (Å²) in [5.74, 6) is 0.545. The number of benzene rings is 3. The van der Waals surface area contributed by atoms with E-state index in [-0.39, 0.29) is 0 Å². The molecule has 0 aliphatic heterocycles. The molecule has 1 atom stereocenters. The molecule has 26 heavy (non-hydrogen) atoms. The van der Waals surface area contributed by atoms with Crippen molar-refractivity contribution >= 4 is 0 Å². The van der Waals surface area contributed by atoms with Crippen LogP contribution >= 0.6 is 0 Å². The molecule has 134 valence electrons. The van der Waals surface area contributed by atoms with Crippen LogP contribution in [-0.4, -0.2) is 0 Å². The molecule has 0 saturated carbocycles. The largest absolute Gasteiger partial charge is 0.0651 e. The van der Waals surface area contributed by atoms with E-state index in [0.717, 1.165) is 12.8 Å². The average molecular weight is 343 g/mol. The predicted octanol–water partition coefficient (Wildman–Crippen LogP) is 7.80. The van der Waals surface area contributed by atoms with E-state index < -0.39 is 0 Å². The molecule has 0 amide bonds. The summed E-state index contributed by atoms with van der Waals surface area (Å²) in [6, 6.07) is 24.3. The molecule has 0 saturated heterocycles. The Kier molecular flexibility index (Phi) is 5.93. The zero-order valence-electron chi connectivity index (χ0n) is 16.5. The van der Waals surface area contributed by atoms with Crippen molar-refractivity contribution in [3.05, 3.63) is 83.4 Å². The van der Waals surface area contributed by atoms with Crippen molar-refractivity contribution in [1.82, 2.24) is 0 Å². The third-order valence-corrected chi connectivity index (χ3v) is 5.54. The minimum atomic E-state index is 0.545. The van der Waals surface area contributed by atoms with Crippen molar-refractivity contribution in [3.63, 3.8) is 0 Å². The lowest BCUT2D eigenvalue weighted by Gasteiger charge is -2.24. The second-order valence-corrected chi connectivity index (χ2v) is 7.28. The third kappa shape index (κ3) is 3.60. The standard InChI is InChI=1S/C26H30/c1-5-13-23-20(4)25(21-14-9-7-10-15-21)18-24(19(3)6-2)26(23)22-16-11-8-12-17-22/h7-12,14-19H,5-6,13H2,1-4H3. The quantitative estimate of drug-likeness (QED) is 0.429. The summed E-state index contributed by atoms with van der Waals surface area (Å²) < 4.78 is 0. The van der Waals surface area contributed by atoms with E-state index in [1.54, 1.807) is 0 Å². The molecular weight excluding hydrogens is 312 g/mol. The van der Waals surface area contributed by atoms with Crippen molar-refractivity contribution in [3.8, 4) is 22.3 Å². The Labute approximate surface area is 158 Å². The van der Waals surface area contributed by atoms with Crippen LogP contribution < -0.4 is 0 Å². The minimum absolute atomic E-state index is 0.545. The molecule has 0 bridgehead atoms. The molecule has 0 heteroatoms. The summed E-state index contributed by atoms with van der Waals surface area (Å²) in [6.07, 6.45) is 3.45. The first-order valence-corrected chi connectivity index (χ1v) is 9.94. The van der Waals surface area contributed by atoms with Crippen LogP contribution in [0.1, 0.15) is 56.2 Å². The monoisotopic (exact) mass is 342 g/mol. The van der Waals surface area contributed by atoms with E-state index in [0.29, 0.717) is 5.92 Å². The maximum Gasteiger partial charge on any atom is -0.0114 e. The normalized spacial score (nSPS) is 12.2. The van der Waals surface area contributed by atoms with Crippen LogP contribution in [0.25, 0.3) is 22.3 Å². The highest BCUT2D eigenvalue weighted by atomic mass is 14.2. The van der Waals surface area contributed by atoms with Crippen molar-refractivity contribution in [2.24, 2.45) is 0 Å². The summed E-state index contributed by atoms with van der Waals surface area (Å²) in [4.78, 5) is 0. The van der Waals surface area contributed by atoms with Crippen LogP contribution in [0.15, 0.2) is 66.7 Å². The molecule has 1 unspecified atom stereocenters. The molecule has 0 nitrogen and oxygen atoms in total. The first-order chi connectivity index (χ1) is 12.7. The molecule has 3 aromatic rings. The molecule has 0 radical (unpaired) electrons. The summed E-state index contributed by atoms with van der Waals surface area (Å²) >= 11 is 0. The van der Waals surface area contributed by atoms with Gasteiger partial charge >= 0.3 is 0 Å². The molecular formula is C26H30. The van der Waals surface area contributed by atoms with Gasteiger partial charge in [0.2, 0.25) is 0 Å². The zero-order valence-corrected chi connectivity index (χ0v) is 16.5. The number of hydrogen-bond donors (Lipinski definition) is 0. The SMILES string of the molecule is CCCc1c(C)c(-c2ccccc2)cc(C(C)CC)c1-c1ccccc1. The molecule has 3 aromatic carbocycles. The van der Waals surface area contributed by atoms with Crippen LogP contribution in [-0.2, 0) is 6.42 Å². The Bertz CT molecular complexity index is 844. The van der Waals surface area contributed by atoms with E-state index in [2.05, 4.69) is 94.4 Å². The average Bonchev–Trinajstić information content (AvgIpc) is 2.70. The van der Waals surface area contributed by atoms with E-state index in [9.17, 15) is 0 Å². The van der Waals surface area contributed by atoms with Gasteiger partial charge in [0.25, 0.3) is 0 Å². The highest BCUT2D eigenvalue weighted by Gasteiger charge is 2.19. The maximum absolute atomic E-state index is 2.46. The maximum atomic E-state index is 2.46. The molecule has 0 aliphatic carbocycles. The minimum Gasteiger partial charge on any atom is -0.0651 e. The molecule has 3 rings (SSSR count). The second-order valence-electron chi connectivity index (χ2n) is 7.28. The summed E-state index contributed by atoms with van der Waals surface area (Å²) in [5.41, 5.74) is 9.99. The molecule has 0 aromatic heterocycles. The molecule has 0 heterocycles. The van der Waals surface area contributed by atoms with Crippen LogP contribution in [0.4, 0.5) is 0 Å². The van der Waals surface area contributed by atoms with Crippen molar-refractivity contribution in [2.45, 2.75) is 52.9 Å². The Balaban J connectivity index is 2.34. The van der Waals surface area contributed by atoms with E-state index in [1.807, 2.05) is 0 Å². The Morgan fingerprint density at radius 2 is 1.38 bits per heavy atom. The van der Waals surface area contributed by atoms with E-state index >= 15 is 0 Å². The molecule has 0 fully saturated rings. The summed E-state index contributed by atoms with van der Waals surface area (Å²) in [5, 5.41) is 0. The zero-order chi connectivity index (χ0) is 18.5. The smallest absolute Gasteiger partial charge is 0.0114 e. The van der Waals surface area contributed by atoms with Crippen molar-refractivity contribution in [1.29, 1.82) is 0 Å². The Morgan fingerprint density at radius 1 is 0.808 bits per heavy atom. The first-order valence-electron chi connectivity index (χ1n) is 9.94. The first kappa shape index (κ1) is 18.5. The number of hydrogen-bond acceptors (Lipinski definition) is 0. The molecule has 0 N–H and O–H groups in total. The topological polar surface area (TPSA) is 0 Å². The van der Waals surface area contributed by atoms with Gasteiger partial charge in [-0.3, -0.25) is 0 Å². The third-order valence-electron chi connectivity index (χ3n) is 5.54. The summed E-state index contributed by atoms with van der Waals surface area (Å²) in [7, 11) is 0. The van der Waals surface area contributed by atoms with E-state index in [4.69, 9.17) is 0 Å². The lowest BCUT2D eigenvalue weighted by molar-refractivity contribution is 0.733. The van der Waals surface area contributed by atoms with Gasteiger partial charge in [-0.1, -0.05) is 87.9 Å². The Morgan fingerprint density at radius 3 is 1.92 bits per heavy atom.